The van der Waals surface area contributed by atoms with E-state index in [0.717, 1.165) is 31.7 Å². The second kappa shape index (κ2) is 4.97. The number of halogens is 1. The highest BCUT2D eigenvalue weighted by Gasteiger charge is 2.28. The fraction of sp³-hybridized carbons (Fsp3) is 0.636. The maximum Gasteiger partial charge on any atom is 0.171 e. The van der Waals surface area contributed by atoms with Crippen LogP contribution in [0.15, 0.2) is 12.4 Å². The molecular weight excluding hydrogens is 226 g/mol. The Morgan fingerprint density at radius 1 is 1.50 bits per heavy atom. The minimum atomic E-state index is -0.198. The van der Waals surface area contributed by atoms with Gasteiger partial charge in [0.25, 0.3) is 0 Å². The quantitative estimate of drug-likeness (QED) is 0.857. The third kappa shape index (κ3) is 2.28. The lowest BCUT2D eigenvalue weighted by Gasteiger charge is -2.36. The Morgan fingerprint density at radius 2 is 2.25 bits per heavy atom. The van der Waals surface area contributed by atoms with Gasteiger partial charge in [-0.05, 0) is 12.8 Å². The molecule has 16 heavy (non-hydrogen) atoms. The van der Waals surface area contributed by atoms with Gasteiger partial charge < -0.3 is 10.0 Å². The topological polar surface area (TPSA) is 49.2 Å². The van der Waals surface area contributed by atoms with Gasteiger partial charge in [-0.15, -0.1) is 0 Å². The van der Waals surface area contributed by atoms with Gasteiger partial charge >= 0.3 is 0 Å². The van der Waals surface area contributed by atoms with Gasteiger partial charge in [-0.3, -0.25) is 0 Å². The molecule has 4 nitrogen and oxygen atoms in total. The van der Waals surface area contributed by atoms with Crippen LogP contribution in [0, 0.1) is 5.92 Å². The molecule has 0 spiro atoms. The molecule has 2 atom stereocenters. The van der Waals surface area contributed by atoms with Gasteiger partial charge in [0.15, 0.2) is 11.0 Å². The molecule has 0 saturated carbocycles. The van der Waals surface area contributed by atoms with E-state index in [1.54, 1.807) is 12.4 Å². The Labute approximate surface area is 100 Å². The van der Waals surface area contributed by atoms with Gasteiger partial charge in [-0.1, -0.05) is 18.5 Å². The lowest BCUT2D eigenvalue weighted by atomic mass is 9.92. The van der Waals surface area contributed by atoms with Crippen LogP contribution in [-0.4, -0.2) is 34.3 Å². The molecule has 0 bridgehead atoms. The average Bonchev–Trinajstić information content (AvgIpc) is 2.31. The molecule has 1 aromatic heterocycles. The van der Waals surface area contributed by atoms with E-state index in [1.165, 1.54) is 0 Å². The number of nitrogens with zero attached hydrogens (tertiary/aromatic N) is 3. The zero-order valence-electron chi connectivity index (χ0n) is 9.30. The molecule has 1 fully saturated rings. The highest BCUT2D eigenvalue weighted by Crippen LogP contribution is 2.27. The highest BCUT2D eigenvalue weighted by atomic mass is 35.5. The molecule has 0 aromatic carbocycles. The van der Waals surface area contributed by atoms with Crippen molar-refractivity contribution < 1.29 is 5.11 Å². The normalized spacial score (nSPS) is 25.8. The zero-order chi connectivity index (χ0) is 11.5. The van der Waals surface area contributed by atoms with Crippen LogP contribution in [0.5, 0.6) is 0 Å². The smallest absolute Gasteiger partial charge is 0.171 e. The summed E-state index contributed by atoms with van der Waals surface area (Å²) in [5, 5.41) is 10.2. The molecular formula is C11H16ClN3O. The number of aliphatic hydroxyl groups is 1. The van der Waals surface area contributed by atoms with E-state index in [4.69, 9.17) is 11.6 Å². The first-order valence-electron chi connectivity index (χ1n) is 5.62. The van der Waals surface area contributed by atoms with Crippen LogP contribution in [0.4, 0.5) is 5.82 Å². The van der Waals surface area contributed by atoms with E-state index in [0.29, 0.717) is 11.1 Å². The maximum atomic E-state index is 9.81. The zero-order valence-corrected chi connectivity index (χ0v) is 10.1. The van der Waals surface area contributed by atoms with E-state index >= 15 is 0 Å². The summed E-state index contributed by atoms with van der Waals surface area (Å²) in [7, 11) is 0. The van der Waals surface area contributed by atoms with Crippen molar-refractivity contribution in [3.63, 3.8) is 0 Å². The van der Waals surface area contributed by atoms with Crippen molar-refractivity contribution in [1.82, 2.24) is 9.97 Å². The molecule has 0 amide bonds. The van der Waals surface area contributed by atoms with Crippen molar-refractivity contribution in [2.75, 3.05) is 18.0 Å². The first-order valence-corrected chi connectivity index (χ1v) is 5.99. The molecule has 1 saturated heterocycles. The number of hydrogen-bond acceptors (Lipinski definition) is 4. The van der Waals surface area contributed by atoms with Gasteiger partial charge in [-0.25, -0.2) is 9.97 Å². The molecule has 2 heterocycles. The predicted molar refractivity (Wildman–Crippen MR) is 63.7 cm³/mol. The summed E-state index contributed by atoms with van der Waals surface area (Å²) in [6.07, 6.45) is 4.77. The molecule has 0 aliphatic carbocycles. The number of anilines is 1. The fourth-order valence-corrected chi connectivity index (χ4v) is 2.36. The summed E-state index contributed by atoms with van der Waals surface area (Å²) in [5.74, 6) is 1.03. The van der Waals surface area contributed by atoms with Crippen LogP contribution in [0.3, 0.4) is 0 Å². The lowest BCUT2D eigenvalue weighted by molar-refractivity contribution is 0.0858. The van der Waals surface area contributed by atoms with E-state index in [2.05, 4.69) is 21.8 Å². The van der Waals surface area contributed by atoms with Crippen LogP contribution in [0.25, 0.3) is 0 Å². The number of rotatable bonds is 2. The van der Waals surface area contributed by atoms with Crippen molar-refractivity contribution in [3.8, 4) is 0 Å². The van der Waals surface area contributed by atoms with Crippen LogP contribution in [0.1, 0.15) is 19.8 Å². The van der Waals surface area contributed by atoms with Crippen LogP contribution in [-0.2, 0) is 0 Å². The Hall–Kier alpha value is -0.870. The molecule has 2 rings (SSSR count). The van der Waals surface area contributed by atoms with Crippen LogP contribution >= 0.6 is 11.6 Å². The van der Waals surface area contributed by atoms with E-state index < -0.39 is 0 Å². The Balaban J connectivity index is 2.14. The molecule has 2 unspecified atom stereocenters. The SMILES string of the molecule is CCC1CN(c2nccnc2Cl)CCC1O. The maximum absolute atomic E-state index is 9.81. The minimum absolute atomic E-state index is 0.198. The number of aromatic nitrogens is 2. The molecule has 88 valence electrons. The molecule has 5 heteroatoms. The van der Waals surface area contributed by atoms with Gasteiger partial charge in [0.2, 0.25) is 0 Å². The third-order valence-corrected chi connectivity index (χ3v) is 3.42. The number of piperidine rings is 1. The van der Waals surface area contributed by atoms with Crippen molar-refractivity contribution in [1.29, 1.82) is 0 Å². The van der Waals surface area contributed by atoms with Crippen molar-refractivity contribution in [2.24, 2.45) is 5.92 Å². The van der Waals surface area contributed by atoms with E-state index in [1.807, 2.05) is 0 Å². The summed E-state index contributed by atoms with van der Waals surface area (Å²) in [4.78, 5) is 10.4. The van der Waals surface area contributed by atoms with Crippen LogP contribution in [0.2, 0.25) is 5.15 Å². The predicted octanol–water partition coefficient (Wildman–Crippen LogP) is 1.73. The van der Waals surface area contributed by atoms with E-state index in [-0.39, 0.29) is 6.10 Å². The second-order valence-corrected chi connectivity index (χ2v) is 4.50. The Kier molecular flexibility index (Phi) is 3.61. The molecule has 1 aliphatic heterocycles. The monoisotopic (exact) mass is 241 g/mol. The standard InChI is InChI=1S/C11H16ClN3O/c1-2-8-7-15(6-3-9(8)16)11-10(12)13-4-5-14-11/h4-5,8-9,16H,2-3,6-7H2,1H3. The molecule has 1 aromatic rings. The summed E-state index contributed by atoms with van der Waals surface area (Å²) in [6, 6.07) is 0. The largest absolute Gasteiger partial charge is 0.393 e. The van der Waals surface area contributed by atoms with Crippen LogP contribution < -0.4 is 4.90 Å². The van der Waals surface area contributed by atoms with Crippen molar-refractivity contribution >= 4 is 17.4 Å². The lowest BCUT2D eigenvalue weighted by Crippen LogP contribution is -2.43. The molecule has 0 radical (unpaired) electrons. The summed E-state index contributed by atoms with van der Waals surface area (Å²) >= 11 is 6.01. The van der Waals surface area contributed by atoms with E-state index in [9.17, 15) is 5.11 Å². The van der Waals surface area contributed by atoms with Gasteiger partial charge in [0, 0.05) is 31.4 Å². The van der Waals surface area contributed by atoms with Gasteiger partial charge in [0.1, 0.15) is 0 Å². The number of aliphatic hydroxyl groups excluding tert-OH is 1. The summed E-state index contributed by atoms with van der Waals surface area (Å²) in [6.45, 7) is 3.68. The number of hydrogen-bond donors (Lipinski definition) is 1. The fourth-order valence-electron chi connectivity index (χ4n) is 2.14. The second-order valence-electron chi connectivity index (χ2n) is 4.14. The van der Waals surface area contributed by atoms with Crippen molar-refractivity contribution in [2.45, 2.75) is 25.9 Å². The van der Waals surface area contributed by atoms with Gasteiger partial charge in [-0.2, -0.15) is 0 Å². The third-order valence-electron chi connectivity index (χ3n) is 3.15. The highest BCUT2D eigenvalue weighted by molar-refractivity contribution is 6.31. The first-order chi connectivity index (χ1) is 7.72. The minimum Gasteiger partial charge on any atom is -0.393 e. The average molecular weight is 242 g/mol. The Bertz CT molecular complexity index is 361. The van der Waals surface area contributed by atoms with Gasteiger partial charge in [0.05, 0.1) is 6.10 Å². The molecule has 1 N–H and O–H groups in total. The first kappa shape index (κ1) is 11.6. The Morgan fingerprint density at radius 3 is 2.94 bits per heavy atom. The summed E-state index contributed by atoms with van der Waals surface area (Å²) < 4.78 is 0. The van der Waals surface area contributed by atoms with Crippen molar-refractivity contribution in [3.05, 3.63) is 17.5 Å². The molecule has 1 aliphatic rings. The summed E-state index contributed by atoms with van der Waals surface area (Å²) in [5.41, 5.74) is 0.